The fourth-order valence-electron chi connectivity index (χ4n) is 2.65. The highest BCUT2D eigenvalue weighted by molar-refractivity contribution is 5.18. The molecule has 106 valence electrons. The number of nitrogens with two attached hydrogens (primary N) is 1. The second-order valence-electron chi connectivity index (χ2n) is 5.23. The summed E-state index contributed by atoms with van der Waals surface area (Å²) in [5.41, 5.74) is 8.19. The van der Waals surface area contributed by atoms with Gasteiger partial charge in [0.15, 0.2) is 0 Å². The van der Waals surface area contributed by atoms with Crippen LogP contribution in [0.4, 0.5) is 4.39 Å². The Balaban J connectivity index is 1.79. The molecule has 0 saturated carbocycles. The van der Waals surface area contributed by atoms with Gasteiger partial charge >= 0.3 is 0 Å². The van der Waals surface area contributed by atoms with Gasteiger partial charge in [-0.25, -0.2) is 9.37 Å². The summed E-state index contributed by atoms with van der Waals surface area (Å²) in [6, 6.07) is 6.50. The SMILES string of the molecule is NC(c1cncn1Cc1cccc(F)c1)C1CCOC1. The Morgan fingerprint density at radius 1 is 1.50 bits per heavy atom. The lowest BCUT2D eigenvalue weighted by Crippen LogP contribution is -2.24. The molecule has 4 nitrogen and oxygen atoms in total. The highest BCUT2D eigenvalue weighted by Gasteiger charge is 2.26. The fourth-order valence-corrected chi connectivity index (χ4v) is 2.65. The van der Waals surface area contributed by atoms with E-state index in [1.54, 1.807) is 18.6 Å². The Hall–Kier alpha value is -1.72. The van der Waals surface area contributed by atoms with Crippen molar-refractivity contribution in [2.24, 2.45) is 11.7 Å². The zero-order valence-corrected chi connectivity index (χ0v) is 11.2. The Bertz CT molecular complexity index is 578. The molecule has 2 aromatic rings. The van der Waals surface area contributed by atoms with Crippen molar-refractivity contribution in [2.75, 3.05) is 13.2 Å². The lowest BCUT2D eigenvalue weighted by Gasteiger charge is -2.19. The molecule has 5 heteroatoms. The van der Waals surface area contributed by atoms with E-state index < -0.39 is 0 Å². The molecular formula is C15H18FN3O. The second kappa shape index (κ2) is 5.73. The van der Waals surface area contributed by atoms with Crippen molar-refractivity contribution in [2.45, 2.75) is 19.0 Å². The van der Waals surface area contributed by atoms with Gasteiger partial charge in [-0.15, -0.1) is 0 Å². The predicted octanol–water partition coefficient (Wildman–Crippen LogP) is 2.11. The first-order valence-electron chi connectivity index (χ1n) is 6.82. The van der Waals surface area contributed by atoms with Crippen molar-refractivity contribution in [1.29, 1.82) is 0 Å². The van der Waals surface area contributed by atoms with E-state index in [1.807, 2.05) is 10.6 Å². The number of hydrogen-bond acceptors (Lipinski definition) is 3. The number of halogens is 1. The van der Waals surface area contributed by atoms with Gasteiger partial charge in [0.2, 0.25) is 0 Å². The molecule has 2 unspecified atom stereocenters. The number of rotatable bonds is 4. The van der Waals surface area contributed by atoms with Crippen molar-refractivity contribution in [3.8, 4) is 0 Å². The summed E-state index contributed by atoms with van der Waals surface area (Å²) in [7, 11) is 0. The van der Waals surface area contributed by atoms with E-state index in [2.05, 4.69) is 4.98 Å². The maximum absolute atomic E-state index is 13.2. The van der Waals surface area contributed by atoms with Crippen LogP contribution in [0.5, 0.6) is 0 Å². The second-order valence-corrected chi connectivity index (χ2v) is 5.23. The van der Waals surface area contributed by atoms with Crippen LogP contribution in [0.3, 0.4) is 0 Å². The number of benzene rings is 1. The number of ether oxygens (including phenoxy) is 1. The predicted molar refractivity (Wildman–Crippen MR) is 73.6 cm³/mol. The third kappa shape index (κ3) is 2.73. The van der Waals surface area contributed by atoms with Crippen LogP contribution in [-0.4, -0.2) is 22.8 Å². The lowest BCUT2D eigenvalue weighted by molar-refractivity contribution is 0.180. The molecule has 0 spiro atoms. The molecule has 0 bridgehead atoms. The standard InChI is InChI=1S/C15H18FN3O/c16-13-3-1-2-11(6-13)8-19-10-18-7-14(19)15(17)12-4-5-20-9-12/h1-3,6-7,10,12,15H,4-5,8-9,17H2. The number of aromatic nitrogens is 2. The van der Waals surface area contributed by atoms with E-state index in [9.17, 15) is 4.39 Å². The van der Waals surface area contributed by atoms with Gasteiger partial charge < -0.3 is 15.0 Å². The molecule has 1 aromatic heterocycles. The van der Waals surface area contributed by atoms with Gasteiger partial charge in [-0.05, 0) is 24.1 Å². The van der Waals surface area contributed by atoms with E-state index in [1.165, 1.54) is 12.1 Å². The molecule has 1 aliphatic rings. The largest absolute Gasteiger partial charge is 0.381 e. The topological polar surface area (TPSA) is 53.1 Å². The zero-order chi connectivity index (χ0) is 13.9. The van der Waals surface area contributed by atoms with Gasteiger partial charge in [-0.1, -0.05) is 12.1 Å². The van der Waals surface area contributed by atoms with Crippen LogP contribution in [0.1, 0.15) is 23.7 Å². The molecule has 0 aliphatic carbocycles. The minimum Gasteiger partial charge on any atom is -0.381 e. The summed E-state index contributed by atoms with van der Waals surface area (Å²) in [4.78, 5) is 4.18. The third-order valence-corrected chi connectivity index (χ3v) is 3.80. The molecule has 2 N–H and O–H groups in total. The van der Waals surface area contributed by atoms with E-state index in [4.69, 9.17) is 10.5 Å². The van der Waals surface area contributed by atoms with Crippen molar-refractivity contribution in [3.63, 3.8) is 0 Å². The van der Waals surface area contributed by atoms with Crippen molar-refractivity contribution in [1.82, 2.24) is 9.55 Å². The van der Waals surface area contributed by atoms with Gasteiger partial charge in [0.1, 0.15) is 5.82 Å². The van der Waals surface area contributed by atoms with E-state index in [0.29, 0.717) is 19.1 Å². The maximum atomic E-state index is 13.2. The third-order valence-electron chi connectivity index (χ3n) is 3.80. The summed E-state index contributed by atoms with van der Waals surface area (Å²) in [5, 5.41) is 0. The molecule has 2 heterocycles. The Morgan fingerprint density at radius 3 is 3.15 bits per heavy atom. The van der Waals surface area contributed by atoms with Gasteiger partial charge in [-0.3, -0.25) is 0 Å². The minimum absolute atomic E-state index is 0.0893. The van der Waals surface area contributed by atoms with Crippen molar-refractivity contribution < 1.29 is 9.13 Å². The monoisotopic (exact) mass is 275 g/mol. The Labute approximate surface area is 117 Å². The van der Waals surface area contributed by atoms with Crippen LogP contribution in [0.15, 0.2) is 36.8 Å². The highest BCUT2D eigenvalue weighted by atomic mass is 19.1. The average Bonchev–Trinajstić information content (AvgIpc) is 3.09. The number of nitrogens with zero attached hydrogens (tertiary/aromatic N) is 2. The summed E-state index contributed by atoms with van der Waals surface area (Å²) < 4.78 is 20.6. The molecule has 1 aromatic carbocycles. The zero-order valence-electron chi connectivity index (χ0n) is 11.2. The van der Waals surface area contributed by atoms with Gasteiger partial charge in [0.05, 0.1) is 24.7 Å². The molecule has 0 amide bonds. The normalized spacial score (nSPS) is 20.2. The van der Waals surface area contributed by atoms with E-state index in [-0.39, 0.29) is 11.9 Å². The maximum Gasteiger partial charge on any atom is 0.123 e. The summed E-state index contributed by atoms with van der Waals surface area (Å²) in [6.45, 7) is 2.05. The molecule has 1 fully saturated rings. The smallest absolute Gasteiger partial charge is 0.123 e. The van der Waals surface area contributed by atoms with Crippen molar-refractivity contribution >= 4 is 0 Å². The number of imidazole rings is 1. The van der Waals surface area contributed by atoms with Crippen LogP contribution < -0.4 is 5.73 Å². The van der Waals surface area contributed by atoms with E-state index >= 15 is 0 Å². The first-order chi connectivity index (χ1) is 9.74. The highest BCUT2D eigenvalue weighted by Crippen LogP contribution is 2.26. The van der Waals surface area contributed by atoms with E-state index in [0.717, 1.165) is 24.3 Å². The van der Waals surface area contributed by atoms with Crippen LogP contribution in [0.2, 0.25) is 0 Å². The van der Waals surface area contributed by atoms with Crippen LogP contribution in [0.25, 0.3) is 0 Å². The molecular weight excluding hydrogens is 257 g/mol. The molecule has 20 heavy (non-hydrogen) atoms. The Morgan fingerprint density at radius 2 is 2.40 bits per heavy atom. The van der Waals surface area contributed by atoms with Crippen LogP contribution in [0, 0.1) is 11.7 Å². The lowest BCUT2D eigenvalue weighted by atomic mass is 9.97. The Kier molecular flexibility index (Phi) is 3.80. The molecule has 2 atom stereocenters. The van der Waals surface area contributed by atoms with Gasteiger partial charge in [-0.2, -0.15) is 0 Å². The number of hydrogen-bond donors (Lipinski definition) is 1. The van der Waals surface area contributed by atoms with Crippen molar-refractivity contribution in [3.05, 3.63) is 53.9 Å². The van der Waals surface area contributed by atoms with Crippen LogP contribution >= 0.6 is 0 Å². The molecule has 0 radical (unpaired) electrons. The summed E-state index contributed by atoms with van der Waals surface area (Å²) in [5.74, 6) is 0.107. The summed E-state index contributed by atoms with van der Waals surface area (Å²) in [6.07, 6.45) is 4.52. The first kappa shape index (κ1) is 13.3. The van der Waals surface area contributed by atoms with Gasteiger partial charge in [0, 0.05) is 25.3 Å². The molecule has 1 aliphatic heterocycles. The molecule has 3 rings (SSSR count). The summed E-state index contributed by atoms with van der Waals surface area (Å²) >= 11 is 0. The first-order valence-corrected chi connectivity index (χ1v) is 6.82. The quantitative estimate of drug-likeness (QED) is 0.929. The minimum atomic E-state index is -0.224. The van der Waals surface area contributed by atoms with Gasteiger partial charge in [0.25, 0.3) is 0 Å². The van der Waals surface area contributed by atoms with Crippen LogP contribution in [-0.2, 0) is 11.3 Å². The average molecular weight is 275 g/mol. The fraction of sp³-hybridized carbons (Fsp3) is 0.400. The molecule has 1 saturated heterocycles.